The number of hydrogen-bond donors (Lipinski definition) is 2. The molecule has 2 rings (SSSR count). The molecule has 0 unspecified atom stereocenters. The summed E-state index contributed by atoms with van der Waals surface area (Å²) < 4.78 is 10.8. The number of carbonyl (C=O) groups excluding carboxylic acids is 1. The summed E-state index contributed by atoms with van der Waals surface area (Å²) in [5.74, 6) is 1.15. The molecule has 0 saturated heterocycles. The lowest BCUT2D eigenvalue weighted by Crippen LogP contribution is -2.23. The molecule has 1 amide bonds. The summed E-state index contributed by atoms with van der Waals surface area (Å²) >= 11 is 1.45. The van der Waals surface area contributed by atoms with Crippen LogP contribution in [0.5, 0.6) is 11.5 Å². The van der Waals surface area contributed by atoms with Crippen molar-refractivity contribution in [3.63, 3.8) is 0 Å². The average molecular weight is 372 g/mol. The molecule has 1 aromatic heterocycles. The van der Waals surface area contributed by atoms with E-state index in [9.17, 15) is 4.79 Å². The summed E-state index contributed by atoms with van der Waals surface area (Å²) in [6, 6.07) is 5.58. The second kappa shape index (κ2) is 10.1. The van der Waals surface area contributed by atoms with E-state index < -0.39 is 0 Å². The highest BCUT2D eigenvalue weighted by molar-refractivity contribution is 7.09. The summed E-state index contributed by atoms with van der Waals surface area (Å²) in [6.07, 6.45) is 0.689. The van der Waals surface area contributed by atoms with E-state index in [1.807, 2.05) is 25.1 Å². The number of carbonyl (C=O) groups is 1. The number of halogens is 1. The van der Waals surface area contributed by atoms with Crippen molar-refractivity contribution >= 4 is 29.7 Å². The number of methoxy groups -OCH3 is 1. The molecule has 1 heterocycles. The van der Waals surface area contributed by atoms with Crippen molar-refractivity contribution in [2.75, 3.05) is 20.3 Å². The second-order valence-electron chi connectivity index (χ2n) is 4.77. The van der Waals surface area contributed by atoms with Gasteiger partial charge in [0.1, 0.15) is 5.69 Å². The fourth-order valence-corrected chi connectivity index (χ4v) is 2.82. The summed E-state index contributed by atoms with van der Waals surface area (Å²) in [4.78, 5) is 16.4. The predicted molar refractivity (Wildman–Crippen MR) is 97.5 cm³/mol. The largest absolute Gasteiger partial charge is 0.493 e. The fraction of sp³-hybridized carbons (Fsp3) is 0.375. The molecule has 8 heteroatoms. The third-order valence-electron chi connectivity index (χ3n) is 3.12. The predicted octanol–water partition coefficient (Wildman–Crippen LogP) is 2.40. The zero-order valence-corrected chi connectivity index (χ0v) is 15.3. The SMILES string of the molecule is CCOc1cc(CNC(=O)c2csc(CCN)n2)ccc1OC.Cl. The zero-order valence-electron chi connectivity index (χ0n) is 13.7. The molecule has 2 aromatic rings. The Labute approximate surface area is 151 Å². The first kappa shape index (κ1) is 20.2. The molecule has 0 radical (unpaired) electrons. The van der Waals surface area contributed by atoms with Crippen LogP contribution in [0.1, 0.15) is 28.0 Å². The van der Waals surface area contributed by atoms with Gasteiger partial charge in [0.25, 0.3) is 5.91 Å². The van der Waals surface area contributed by atoms with Crippen LogP contribution in [0, 0.1) is 0 Å². The minimum Gasteiger partial charge on any atom is -0.493 e. The quantitative estimate of drug-likeness (QED) is 0.744. The van der Waals surface area contributed by atoms with Gasteiger partial charge in [0, 0.05) is 18.3 Å². The maximum absolute atomic E-state index is 12.1. The number of rotatable bonds is 8. The lowest BCUT2D eigenvalue weighted by atomic mass is 10.2. The van der Waals surface area contributed by atoms with E-state index in [2.05, 4.69) is 10.3 Å². The average Bonchev–Trinajstić information content (AvgIpc) is 3.02. The van der Waals surface area contributed by atoms with Gasteiger partial charge < -0.3 is 20.5 Å². The van der Waals surface area contributed by atoms with E-state index in [0.29, 0.717) is 43.3 Å². The topological polar surface area (TPSA) is 86.5 Å². The lowest BCUT2D eigenvalue weighted by Gasteiger charge is -2.11. The molecule has 24 heavy (non-hydrogen) atoms. The monoisotopic (exact) mass is 371 g/mol. The molecular weight excluding hydrogens is 350 g/mol. The minimum atomic E-state index is -0.196. The molecule has 0 aliphatic rings. The minimum absolute atomic E-state index is 0. The molecular formula is C16H22ClN3O3S. The van der Waals surface area contributed by atoms with Crippen LogP contribution in [-0.2, 0) is 13.0 Å². The molecule has 6 nitrogen and oxygen atoms in total. The Morgan fingerprint density at radius 1 is 1.38 bits per heavy atom. The first-order valence-electron chi connectivity index (χ1n) is 7.40. The Morgan fingerprint density at radius 2 is 2.17 bits per heavy atom. The number of benzene rings is 1. The number of nitrogens with two attached hydrogens (primary N) is 1. The van der Waals surface area contributed by atoms with Gasteiger partial charge in [-0.3, -0.25) is 4.79 Å². The normalized spacial score (nSPS) is 9.96. The highest BCUT2D eigenvalue weighted by Crippen LogP contribution is 2.28. The lowest BCUT2D eigenvalue weighted by molar-refractivity contribution is 0.0946. The van der Waals surface area contributed by atoms with E-state index in [4.69, 9.17) is 15.2 Å². The van der Waals surface area contributed by atoms with Gasteiger partial charge in [0.05, 0.1) is 18.7 Å². The van der Waals surface area contributed by atoms with Crippen molar-refractivity contribution in [3.05, 3.63) is 39.8 Å². The van der Waals surface area contributed by atoms with Crippen molar-refractivity contribution in [2.45, 2.75) is 19.9 Å². The number of nitrogens with zero attached hydrogens (tertiary/aromatic N) is 1. The summed E-state index contributed by atoms with van der Waals surface area (Å²) in [5, 5.41) is 5.48. The van der Waals surface area contributed by atoms with Crippen molar-refractivity contribution in [1.29, 1.82) is 0 Å². The highest BCUT2D eigenvalue weighted by atomic mass is 35.5. The van der Waals surface area contributed by atoms with Crippen molar-refractivity contribution < 1.29 is 14.3 Å². The first-order chi connectivity index (χ1) is 11.2. The molecule has 0 fully saturated rings. The summed E-state index contributed by atoms with van der Waals surface area (Å²) in [7, 11) is 1.60. The van der Waals surface area contributed by atoms with Crippen LogP contribution < -0.4 is 20.5 Å². The molecule has 132 valence electrons. The van der Waals surface area contributed by atoms with Crippen LogP contribution >= 0.6 is 23.7 Å². The van der Waals surface area contributed by atoms with Crippen LogP contribution in [0.25, 0.3) is 0 Å². The van der Waals surface area contributed by atoms with Gasteiger partial charge in [0.2, 0.25) is 0 Å². The molecule has 0 bridgehead atoms. The van der Waals surface area contributed by atoms with E-state index in [-0.39, 0.29) is 18.3 Å². The smallest absolute Gasteiger partial charge is 0.271 e. The molecule has 0 spiro atoms. The van der Waals surface area contributed by atoms with Gasteiger partial charge >= 0.3 is 0 Å². The molecule has 0 aliphatic carbocycles. The van der Waals surface area contributed by atoms with Gasteiger partial charge in [-0.15, -0.1) is 23.7 Å². The molecule has 3 N–H and O–H groups in total. The highest BCUT2D eigenvalue weighted by Gasteiger charge is 2.11. The standard InChI is InChI=1S/C16H21N3O3S.ClH/c1-3-22-14-8-11(4-5-13(14)21-2)9-18-16(20)12-10-23-15(19-12)6-7-17;/h4-5,8,10H,3,6-7,9,17H2,1-2H3,(H,18,20);1H. The number of ether oxygens (including phenoxy) is 2. The van der Waals surface area contributed by atoms with E-state index >= 15 is 0 Å². The Morgan fingerprint density at radius 3 is 2.83 bits per heavy atom. The Bertz CT molecular complexity index is 664. The van der Waals surface area contributed by atoms with Crippen LogP contribution in [0.4, 0.5) is 0 Å². The van der Waals surface area contributed by atoms with Gasteiger partial charge in [0.15, 0.2) is 11.5 Å². The third kappa shape index (κ3) is 5.36. The zero-order chi connectivity index (χ0) is 16.7. The molecule has 0 atom stereocenters. The van der Waals surface area contributed by atoms with Gasteiger partial charge in [-0.25, -0.2) is 4.98 Å². The van der Waals surface area contributed by atoms with Crippen LogP contribution in [0.2, 0.25) is 0 Å². The van der Waals surface area contributed by atoms with Crippen molar-refractivity contribution in [3.8, 4) is 11.5 Å². The molecule has 0 aliphatic heterocycles. The Hall–Kier alpha value is -1.83. The van der Waals surface area contributed by atoms with Crippen LogP contribution in [0.15, 0.2) is 23.6 Å². The van der Waals surface area contributed by atoms with Crippen LogP contribution in [-0.4, -0.2) is 31.2 Å². The number of amides is 1. The van der Waals surface area contributed by atoms with Crippen molar-refractivity contribution in [2.24, 2.45) is 5.73 Å². The number of nitrogens with one attached hydrogen (secondary N) is 1. The number of thiazole rings is 1. The van der Waals surface area contributed by atoms with Crippen molar-refractivity contribution in [1.82, 2.24) is 10.3 Å². The maximum Gasteiger partial charge on any atom is 0.271 e. The van der Waals surface area contributed by atoms with E-state index in [1.165, 1.54) is 11.3 Å². The Balaban J connectivity index is 0.00000288. The Kier molecular flexibility index (Phi) is 8.53. The van der Waals surface area contributed by atoms with Gasteiger partial charge in [-0.05, 0) is 31.2 Å². The first-order valence-corrected chi connectivity index (χ1v) is 8.28. The van der Waals surface area contributed by atoms with E-state index in [0.717, 1.165) is 10.6 Å². The maximum atomic E-state index is 12.1. The van der Waals surface area contributed by atoms with Crippen LogP contribution in [0.3, 0.4) is 0 Å². The van der Waals surface area contributed by atoms with Gasteiger partial charge in [-0.2, -0.15) is 0 Å². The molecule has 0 saturated carbocycles. The van der Waals surface area contributed by atoms with E-state index in [1.54, 1.807) is 12.5 Å². The second-order valence-corrected chi connectivity index (χ2v) is 5.71. The van der Waals surface area contributed by atoms with Gasteiger partial charge in [-0.1, -0.05) is 6.07 Å². The molecule has 1 aromatic carbocycles. The summed E-state index contributed by atoms with van der Waals surface area (Å²) in [5.41, 5.74) is 6.85. The number of aromatic nitrogens is 1. The number of hydrogen-bond acceptors (Lipinski definition) is 6. The summed E-state index contributed by atoms with van der Waals surface area (Å²) in [6.45, 7) is 3.39. The fourth-order valence-electron chi connectivity index (χ4n) is 2.03. The third-order valence-corrected chi connectivity index (χ3v) is 4.03.